The van der Waals surface area contributed by atoms with E-state index < -0.39 is 0 Å². The van der Waals surface area contributed by atoms with Crippen LogP contribution in [0.1, 0.15) is 19.0 Å². The molecule has 0 aliphatic rings. The van der Waals surface area contributed by atoms with Crippen LogP contribution < -0.4 is 11.1 Å². The van der Waals surface area contributed by atoms with E-state index in [0.29, 0.717) is 15.6 Å². The molecule has 1 rings (SSSR count). The smallest absolute Gasteiger partial charge is 0.195 e. The number of nitrogens with zero attached hydrogens (tertiary/aromatic N) is 2. The number of nitrogens with two attached hydrogens (primary N) is 1. The van der Waals surface area contributed by atoms with Crippen molar-refractivity contribution in [1.82, 2.24) is 15.2 Å². The third kappa shape index (κ3) is 6.15. The molecule has 0 amide bonds. The summed E-state index contributed by atoms with van der Waals surface area (Å²) in [7, 11) is 0. The number of alkyl halides is 1. The maximum Gasteiger partial charge on any atom is 0.195 e. The summed E-state index contributed by atoms with van der Waals surface area (Å²) < 4.78 is 0.578. The van der Waals surface area contributed by atoms with Crippen LogP contribution >= 0.6 is 34.8 Å². The van der Waals surface area contributed by atoms with Gasteiger partial charge in [0.25, 0.3) is 0 Å². The van der Waals surface area contributed by atoms with Gasteiger partial charge in [-0.2, -0.15) is 0 Å². The second-order valence-corrected chi connectivity index (χ2v) is 6.61. The molecule has 1 atom stereocenters. The van der Waals surface area contributed by atoms with Crippen molar-refractivity contribution in [3.8, 4) is 0 Å². The maximum atomic E-state index is 7.60. The highest BCUT2D eigenvalue weighted by atomic mass is 127. The lowest BCUT2D eigenvalue weighted by atomic mass is 10.3. The number of hydrogen-bond donors (Lipinski definition) is 3. The Morgan fingerprint density at radius 1 is 1.63 bits per heavy atom. The predicted octanol–water partition coefficient (Wildman–Crippen LogP) is 1.87. The second-order valence-electron chi connectivity index (χ2n) is 4.09. The molecule has 0 saturated heterocycles. The SMILES string of the molecule is CC(I)CCNC(=S)N(Cc1ccccn1)C(=N)N. The highest BCUT2D eigenvalue weighted by Crippen LogP contribution is 2.04. The Hall–Kier alpha value is -0.960. The first-order valence-corrected chi connectivity index (χ1v) is 7.59. The zero-order valence-electron chi connectivity index (χ0n) is 10.8. The van der Waals surface area contributed by atoms with Gasteiger partial charge in [-0.15, -0.1) is 0 Å². The number of guanidine groups is 1. The van der Waals surface area contributed by atoms with Gasteiger partial charge < -0.3 is 11.1 Å². The van der Waals surface area contributed by atoms with Gasteiger partial charge in [0, 0.05) is 16.7 Å². The minimum absolute atomic E-state index is 0.0781. The third-order valence-corrected chi connectivity index (χ3v) is 3.39. The molecule has 104 valence electrons. The lowest BCUT2D eigenvalue weighted by molar-refractivity contribution is 0.563. The summed E-state index contributed by atoms with van der Waals surface area (Å²) in [6, 6.07) is 5.63. The fourth-order valence-electron chi connectivity index (χ4n) is 1.39. The van der Waals surface area contributed by atoms with E-state index in [1.165, 1.54) is 4.90 Å². The van der Waals surface area contributed by atoms with Gasteiger partial charge >= 0.3 is 0 Å². The minimum Gasteiger partial charge on any atom is -0.370 e. The van der Waals surface area contributed by atoms with Crippen molar-refractivity contribution in [2.45, 2.75) is 23.8 Å². The number of thiocarbonyl (C=S) groups is 1. The number of aromatic nitrogens is 1. The summed E-state index contributed by atoms with van der Waals surface area (Å²) in [6.45, 7) is 3.32. The van der Waals surface area contributed by atoms with Gasteiger partial charge in [-0.05, 0) is 30.8 Å². The molecule has 7 heteroatoms. The van der Waals surface area contributed by atoms with E-state index in [4.69, 9.17) is 23.4 Å². The molecular weight excluding hydrogens is 373 g/mol. The van der Waals surface area contributed by atoms with E-state index in [0.717, 1.165) is 18.7 Å². The largest absolute Gasteiger partial charge is 0.370 e. The van der Waals surface area contributed by atoms with Crippen LogP contribution in [0.3, 0.4) is 0 Å². The zero-order chi connectivity index (χ0) is 14.3. The fourth-order valence-corrected chi connectivity index (χ4v) is 1.97. The molecule has 0 aromatic carbocycles. The van der Waals surface area contributed by atoms with E-state index >= 15 is 0 Å². The molecule has 1 unspecified atom stereocenters. The van der Waals surface area contributed by atoms with E-state index in [9.17, 15) is 0 Å². The van der Waals surface area contributed by atoms with E-state index in [2.05, 4.69) is 39.8 Å². The summed E-state index contributed by atoms with van der Waals surface area (Å²) in [4.78, 5) is 5.75. The molecule has 1 aromatic rings. The van der Waals surface area contributed by atoms with Gasteiger partial charge in [0.2, 0.25) is 0 Å². The summed E-state index contributed by atoms with van der Waals surface area (Å²) in [5, 5.41) is 11.2. The van der Waals surface area contributed by atoms with Crippen LogP contribution in [-0.4, -0.2) is 31.4 Å². The standard InChI is InChI=1S/C12H18IN5S/c1-9(13)5-7-17-12(19)18(11(14)15)8-10-4-2-3-6-16-10/h2-4,6,9H,5,7-8H2,1H3,(H3,14,15)(H,17,19). The monoisotopic (exact) mass is 391 g/mol. The topological polar surface area (TPSA) is 78.0 Å². The predicted molar refractivity (Wildman–Crippen MR) is 90.4 cm³/mol. The van der Waals surface area contributed by atoms with Crippen molar-refractivity contribution in [1.29, 1.82) is 5.41 Å². The molecule has 1 aromatic heterocycles. The Kier molecular flexibility index (Phi) is 7.00. The molecule has 0 radical (unpaired) electrons. The van der Waals surface area contributed by atoms with Crippen molar-refractivity contribution >= 4 is 45.9 Å². The normalized spacial score (nSPS) is 11.7. The first-order chi connectivity index (χ1) is 9.00. The van der Waals surface area contributed by atoms with Crippen molar-refractivity contribution in [2.24, 2.45) is 5.73 Å². The average molecular weight is 391 g/mol. The number of nitrogens with one attached hydrogen (secondary N) is 2. The molecular formula is C12H18IN5S. The molecule has 0 aliphatic heterocycles. The van der Waals surface area contributed by atoms with Crippen molar-refractivity contribution in [3.63, 3.8) is 0 Å². The molecule has 5 nitrogen and oxygen atoms in total. The highest BCUT2D eigenvalue weighted by Gasteiger charge is 2.13. The molecule has 0 aliphatic carbocycles. The maximum absolute atomic E-state index is 7.60. The molecule has 19 heavy (non-hydrogen) atoms. The molecule has 0 spiro atoms. The van der Waals surface area contributed by atoms with Gasteiger partial charge in [-0.1, -0.05) is 35.6 Å². The summed E-state index contributed by atoms with van der Waals surface area (Å²) in [5.41, 5.74) is 6.39. The number of halogens is 1. The van der Waals surface area contributed by atoms with Gasteiger partial charge in [-0.25, -0.2) is 0 Å². The summed E-state index contributed by atoms with van der Waals surface area (Å²) >= 11 is 7.63. The van der Waals surface area contributed by atoms with Crippen LogP contribution in [0.15, 0.2) is 24.4 Å². The number of rotatable bonds is 5. The van der Waals surface area contributed by atoms with Crippen LogP contribution in [-0.2, 0) is 6.54 Å². The Balaban J connectivity index is 2.57. The Morgan fingerprint density at radius 3 is 2.89 bits per heavy atom. The summed E-state index contributed by atoms with van der Waals surface area (Å²) in [6.07, 6.45) is 2.72. The van der Waals surface area contributed by atoms with Gasteiger partial charge in [0.05, 0.1) is 12.2 Å². The van der Waals surface area contributed by atoms with Crippen LogP contribution in [0.25, 0.3) is 0 Å². The number of hydrogen-bond acceptors (Lipinski definition) is 3. The molecule has 4 N–H and O–H groups in total. The third-order valence-electron chi connectivity index (χ3n) is 2.40. The molecule has 0 saturated carbocycles. The lowest BCUT2D eigenvalue weighted by Gasteiger charge is -2.23. The first kappa shape index (κ1) is 16.1. The van der Waals surface area contributed by atoms with Crippen molar-refractivity contribution in [3.05, 3.63) is 30.1 Å². The molecule has 0 bridgehead atoms. The van der Waals surface area contributed by atoms with Crippen LogP contribution in [0.4, 0.5) is 0 Å². The lowest BCUT2D eigenvalue weighted by Crippen LogP contribution is -2.46. The highest BCUT2D eigenvalue weighted by molar-refractivity contribution is 14.1. The van der Waals surface area contributed by atoms with Crippen LogP contribution in [0.2, 0.25) is 0 Å². The Labute approximate surface area is 132 Å². The van der Waals surface area contributed by atoms with Crippen LogP contribution in [0, 0.1) is 5.41 Å². The summed E-state index contributed by atoms with van der Waals surface area (Å²) in [5.74, 6) is -0.0781. The first-order valence-electron chi connectivity index (χ1n) is 5.94. The Morgan fingerprint density at radius 2 is 2.37 bits per heavy atom. The zero-order valence-corrected chi connectivity index (χ0v) is 13.7. The van der Waals surface area contributed by atoms with Gasteiger partial charge in [-0.3, -0.25) is 15.3 Å². The molecule has 0 fully saturated rings. The van der Waals surface area contributed by atoms with Crippen LogP contribution in [0.5, 0.6) is 0 Å². The van der Waals surface area contributed by atoms with Crippen molar-refractivity contribution in [2.75, 3.05) is 6.54 Å². The van der Waals surface area contributed by atoms with Gasteiger partial charge in [0.15, 0.2) is 11.1 Å². The van der Waals surface area contributed by atoms with Gasteiger partial charge in [0.1, 0.15) is 0 Å². The van der Waals surface area contributed by atoms with E-state index in [1.807, 2.05) is 18.2 Å². The Bertz CT molecular complexity index is 423. The number of pyridine rings is 1. The average Bonchev–Trinajstić information content (AvgIpc) is 2.36. The quantitative estimate of drug-likeness (QED) is 0.235. The van der Waals surface area contributed by atoms with E-state index in [-0.39, 0.29) is 5.96 Å². The van der Waals surface area contributed by atoms with Crippen molar-refractivity contribution < 1.29 is 0 Å². The molecule has 1 heterocycles. The minimum atomic E-state index is -0.0781. The second kappa shape index (κ2) is 8.26. The fraction of sp³-hybridized carbons (Fsp3) is 0.417. The van der Waals surface area contributed by atoms with E-state index in [1.54, 1.807) is 6.20 Å².